The van der Waals surface area contributed by atoms with Crippen LogP contribution in [0.4, 0.5) is 39.3 Å². The molecule has 2 saturated heterocycles. The Morgan fingerprint density at radius 2 is 1.67 bits per heavy atom. The molecule has 0 bridgehead atoms. The number of nitrogens with zero attached hydrogens (tertiary/aromatic N) is 5. The Labute approximate surface area is 357 Å². The van der Waals surface area contributed by atoms with Gasteiger partial charge in [-0.15, -0.1) is 0 Å². The minimum Gasteiger partial charge on any atom is -0.368 e. The highest BCUT2D eigenvalue weighted by molar-refractivity contribution is 6.33. The van der Waals surface area contributed by atoms with Crippen molar-refractivity contribution < 1.29 is 28.8 Å². The van der Waals surface area contributed by atoms with Crippen molar-refractivity contribution in [3.63, 3.8) is 0 Å². The zero-order valence-electron chi connectivity index (χ0n) is 33.6. The van der Waals surface area contributed by atoms with Gasteiger partial charge in [0.2, 0.25) is 23.7 Å². The summed E-state index contributed by atoms with van der Waals surface area (Å²) in [4.78, 5) is 88.8. The largest absolute Gasteiger partial charge is 0.368 e. The summed E-state index contributed by atoms with van der Waals surface area (Å²) in [6, 6.07) is 19.2. The topological polar surface area (TPSA) is 222 Å². The van der Waals surface area contributed by atoms with Gasteiger partial charge in [0.15, 0.2) is 5.82 Å². The first-order chi connectivity index (χ1) is 29.6. The number of urea groups is 1. The van der Waals surface area contributed by atoms with Crippen LogP contribution in [0.25, 0.3) is 0 Å². The van der Waals surface area contributed by atoms with Crippen LogP contribution in [0.5, 0.6) is 0 Å². The fourth-order valence-corrected chi connectivity index (χ4v) is 7.50. The van der Waals surface area contributed by atoms with E-state index in [4.69, 9.17) is 11.6 Å². The highest BCUT2D eigenvalue weighted by atomic mass is 35.5. The van der Waals surface area contributed by atoms with Gasteiger partial charge in [0.05, 0.1) is 17.4 Å². The maximum absolute atomic E-state index is 12.9. The zero-order chi connectivity index (χ0) is 42.9. The third-order valence-corrected chi connectivity index (χ3v) is 10.9. The first kappa shape index (κ1) is 42.3. The molecule has 3 aliphatic rings. The molecule has 7 amide bonds. The van der Waals surface area contributed by atoms with Gasteiger partial charge < -0.3 is 46.6 Å². The van der Waals surface area contributed by atoms with Crippen molar-refractivity contribution >= 4 is 81.7 Å². The van der Waals surface area contributed by atoms with Crippen LogP contribution in [-0.2, 0) is 20.9 Å². The molecule has 0 radical (unpaired) electrons. The van der Waals surface area contributed by atoms with E-state index in [2.05, 4.69) is 52.1 Å². The van der Waals surface area contributed by atoms with Crippen molar-refractivity contribution in [2.45, 2.75) is 38.3 Å². The highest BCUT2D eigenvalue weighted by Crippen LogP contribution is 2.30. The van der Waals surface area contributed by atoms with Gasteiger partial charge in [-0.05, 0) is 79.5 Å². The van der Waals surface area contributed by atoms with E-state index < -0.39 is 11.9 Å². The van der Waals surface area contributed by atoms with E-state index in [1.54, 1.807) is 48.3 Å². The number of piperazine rings is 1. The lowest BCUT2D eigenvalue weighted by Gasteiger charge is -2.36. The van der Waals surface area contributed by atoms with Crippen LogP contribution >= 0.6 is 11.6 Å². The summed E-state index contributed by atoms with van der Waals surface area (Å²) in [6.07, 6.45) is 2.84. The molecule has 4 heterocycles. The van der Waals surface area contributed by atoms with Crippen LogP contribution in [-0.4, -0.2) is 114 Å². The SMILES string of the molecule is CNC(=O)c1ccccc1Nc1nc(Nc2ccc(N3CCN(C(=O)NCCNCCCC(=O)Nc4ccc5c(c4)CN(C4CCC(=O)NC4=O)C5=O)CC3)cc2)ncc1Cl. The van der Waals surface area contributed by atoms with Gasteiger partial charge in [0.1, 0.15) is 11.1 Å². The second-order valence-corrected chi connectivity index (χ2v) is 15.1. The van der Waals surface area contributed by atoms with Crippen molar-refractivity contribution in [2.75, 3.05) is 73.7 Å². The highest BCUT2D eigenvalue weighted by Gasteiger charge is 2.39. The first-order valence-electron chi connectivity index (χ1n) is 20.1. The Balaban J connectivity index is 0.769. The predicted molar refractivity (Wildman–Crippen MR) is 230 cm³/mol. The van der Waals surface area contributed by atoms with Gasteiger partial charge >= 0.3 is 6.03 Å². The minimum absolute atomic E-state index is 0.120. The molecule has 2 fully saturated rings. The average molecular weight is 851 g/mol. The van der Waals surface area contributed by atoms with E-state index in [0.717, 1.165) is 16.9 Å². The molecule has 4 aromatic rings. The standard InChI is InChI=1S/C42H47ClN12O6/c1-44-38(58)31-5-2-3-6-33(31)50-37-32(43)24-47-41(52-37)49-27-8-11-29(12-9-27)53-19-21-54(22-20-53)42(61)46-18-17-45-16-4-7-35(56)48-28-10-13-30-26(23-28)25-55(40(30)60)34-14-15-36(57)51-39(34)59/h2-3,5-6,8-13,23-24,34,45H,4,7,14-22,25H2,1H3,(H,44,58)(H,46,61)(H,48,56)(H,51,57,59)(H2,47,49,50,52). The van der Waals surface area contributed by atoms with Crippen LogP contribution in [0, 0.1) is 0 Å². The van der Waals surface area contributed by atoms with Gasteiger partial charge in [-0.3, -0.25) is 29.3 Å². The molecule has 0 spiro atoms. The number of amides is 7. The number of carbonyl (C=O) groups is 6. The van der Waals surface area contributed by atoms with Gasteiger partial charge in [-0.1, -0.05) is 23.7 Å². The molecule has 3 aromatic carbocycles. The van der Waals surface area contributed by atoms with Gasteiger partial charge in [0.25, 0.3) is 11.8 Å². The van der Waals surface area contributed by atoms with Crippen molar-refractivity contribution in [3.05, 3.63) is 94.6 Å². The van der Waals surface area contributed by atoms with E-state index in [-0.39, 0.29) is 55.5 Å². The number of imide groups is 1. The summed E-state index contributed by atoms with van der Waals surface area (Å²) in [7, 11) is 1.57. The monoisotopic (exact) mass is 850 g/mol. The van der Waals surface area contributed by atoms with Crippen LogP contribution in [0.2, 0.25) is 5.02 Å². The van der Waals surface area contributed by atoms with Crippen molar-refractivity contribution in [2.24, 2.45) is 0 Å². The lowest BCUT2D eigenvalue weighted by Crippen LogP contribution is -2.52. The molecule has 3 aliphatic heterocycles. The van der Waals surface area contributed by atoms with Gasteiger partial charge in [-0.2, -0.15) is 4.98 Å². The maximum Gasteiger partial charge on any atom is 0.317 e. The van der Waals surface area contributed by atoms with E-state index >= 15 is 0 Å². The summed E-state index contributed by atoms with van der Waals surface area (Å²) in [5.41, 5.74) is 4.58. The molecular weight excluding hydrogens is 804 g/mol. The zero-order valence-corrected chi connectivity index (χ0v) is 34.3. The number of para-hydroxylation sites is 1. The third-order valence-electron chi connectivity index (χ3n) is 10.6. The summed E-state index contributed by atoms with van der Waals surface area (Å²) in [5.74, 6) is -0.787. The number of carbonyl (C=O) groups excluding carboxylic acids is 6. The number of benzene rings is 3. The predicted octanol–water partition coefficient (Wildman–Crippen LogP) is 3.58. The number of fused-ring (bicyclic) bond motifs is 1. The molecule has 1 unspecified atom stereocenters. The second-order valence-electron chi connectivity index (χ2n) is 14.7. The Bertz CT molecular complexity index is 2300. The molecule has 1 aromatic heterocycles. The van der Waals surface area contributed by atoms with E-state index in [1.165, 1.54) is 11.1 Å². The normalized spacial score (nSPS) is 16.1. The molecule has 0 saturated carbocycles. The number of halogens is 1. The lowest BCUT2D eigenvalue weighted by atomic mass is 10.0. The van der Waals surface area contributed by atoms with E-state index in [0.29, 0.717) is 91.5 Å². The molecule has 19 heteroatoms. The number of nitrogens with one attached hydrogen (secondary N) is 7. The molecule has 61 heavy (non-hydrogen) atoms. The number of anilines is 6. The van der Waals surface area contributed by atoms with Crippen molar-refractivity contribution in [3.8, 4) is 0 Å². The average Bonchev–Trinajstić information content (AvgIpc) is 3.59. The molecule has 0 aliphatic carbocycles. The summed E-state index contributed by atoms with van der Waals surface area (Å²) in [5, 5.41) is 20.7. The number of aromatic nitrogens is 2. The van der Waals surface area contributed by atoms with Gasteiger partial charge in [-0.25, -0.2) is 9.78 Å². The number of hydrogen-bond donors (Lipinski definition) is 7. The molecular formula is C42H47ClN12O6. The van der Waals surface area contributed by atoms with Gasteiger partial charge in [0, 0.05) is 88.3 Å². The second kappa shape index (κ2) is 19.5. The Morgan fingerprint density at radius 1 is 0.902 bits per heavy atom. The van der Waals surface area contributed by atoms with Crippen molar-refractivity contribution in [1.29, 1.82) is 0 Å². The van der Waals surface area contributed by atoms with E-state index in [9.17, 15) is 28.8 Å². The van der Waals surface area contributed by atoms with Crippen LogP contribution in [0.15, 0.2) is 72.9 Å². The molecule has 18 nitrogen and oxygen atoms in total. The molecule has 318 valence electrons. The first-order valence-corrected chi connectivity index (χ1v) is 20.5. The van der Waals surface area contributed by atoms with Crippen LogP contribution < -0.4 is 42.1 Å². The number of piperidine rings is 1. The van der Waals surface area contributed by atoms with Crippen LogP contribution in [0.3, 0.4) is 0 Å². The Hall–Kier alpha value is -6.79. The summed E-state index contributed by atoms with van der Waals surface area (Å²) < 4.78 is 0. The Kier molecular flexibility index (Phi) is 13.5. The fourth-order valence-electron chi connectivity index (χ4n) is 7.36. The minimum atomic E-state index is -0.692. The number of rotatable bonds is 15. The number of hydrogen-bond acceptors (Lipinski definition) is 12. The summed E-state index contributed by atoms with van der Waals surface area (Å²) >= 11 is 6.38. The van der Waals surface area contributed by atoms with E-state index in [1.807, 2.05) is 30.3 Å². The van der Waals surface area contributed by atoms with Crippen LogP contribution in [0.1, 0.15) is 52.0 Å². The maximum atomic E-state index is 12.9. The fraction of sp³-hybridized carbons (Fsp3) is 0.333. The quantitative estimate of drug-likeness (QED) is 0.0674. The molecule has 1 atom stereocenters. The van der Waals surface area contributed by atoms with Crippen molar-refractivity contribution in [1.82, 2.24) is 41.0 Å². The third kappa shape index (κ3) is 10.5. The molecule has 7 N–H and O–H groups in total. The lowest BCUT2D eigenvalue weighted by molar-refractivity contribution is -0.137. The summed E-state index contributed by atoms with van der Waals surface area (Å²) in [6.45, 7) is 4.34. The smallest absolute Gasteiger partial charge is 0.317 e. The Morgan fingerprint density at radius 3 is 2.44 bits per heavy atom. The molecule has 7 rings (SSSR count).